The van der Waals surface area contributed by atoms with Crippen molar-refractivity contribution in [3.8, 4) is 10.4 Å². The lowest BCUT2D eigenvalue weighted by Crippen LogP contribution is -1.85. The van der Waals surface area contributed by atoms with E-state index in [9.17, 15) is 0 Å². The van der Waals surface area contributed by atoms with Gasteiger partial charge in [-0.25, -0.2) is 0 Å². The van der Waals surface area contributed by atoms with Crippen molar-refractivity contribution >= 4 is 27.3 Å². The second kappa shape index (κ2) is 5.83. The van der Waals surface area contributed by atoms with Crippen LogP contribution in [0.3, 0.4) is 0 Å². The fourth-order valence-electron chi connectivity index (χ4n) is 2.30. The smallest absolute Gasteiger partial charge is 0.0357 e. The molecule has 3 rings (SSSR count). The van der Waals surface area contributed by atoms with Crippen LogP contribution in [-0.2, 0) is 12.8 Å². The first-order chi connectivity index (χ1) is 8.34. The maximum Gasteiger partial charge on any atom is 0.0357 e. The highest BCUT2D eigenvalue weighted by atomic mass is 79.9. The Morgan fingerprint density at radius 1 is 1.18 bits per heavy atom. The van der Waals surface area contributed by atoms with Gasteiger partial charge in [-0.3, -0.25) is 0 Å². The Bertz CT molecular complexity index is 499. The lowest BCUT2D eigenvalue weighted by Gasteiger charge is -2.05. The molecule has 0 N–H and O–H groups in total. The Balaban J connectivity index is 0.000000514. The molecule has 0 amide bonds. The summed E-state index contributed by atoms with van der Waals surface area (Å²) in [4.78, 5) is 1.39. The standard InChI is InChI=1S/C13H11BrS.C2H6/c14-10-7-13(15-8-10)12-6-2-4-9-3-1-5-11(9)12;1-2/h2,4,6-8H,1,3,5H2;1-2H3. The highest BCUT2D eigenvalue weighted by Crippen LogP contribution is 2.36. The van der Waals surface area contributed by atoms with Crippen molar-refractivity contribution in [2.24, 2.45) is 0 Å². The Morgan fingerprint density at radius 3 is 2.71 bits per heavy atom. The van der Waals surface area contributed by atoms with E-state index in [0.29, 0.717) is 0 Å². The zero-order chi connectivity index (χ0) is 12.3. The third-order valence-corrected chi connectivity index (χ3v) is 4.70. The Hall–Kier alpha value is -0.600. The third kappa shape index (κ3) is 2.63. The Kier molecular flexibility index (Phi) is 4.41. The molecular formula is C15H17BrS. The fourth-order valence-corrected chi connectivity index (χ4v) is 3.79. The van der Waals surface area contributed by atoms with Gasteiger partial charge in [0.05, 0.1) is 0 Å². The fraction of sp³-hybridized carbons (Fsp3) is 0.333. The molecule has 1 aromatic carbocycles. The van der Waals surface area contributed by atoms with Crippen LogP contribution in [0.5, 0.6) is 0 Å². The first kappa shape index (κ1) is 12.8. The molecule has 0 nitrogen and oxygen atoms in total. The average molecular weight is 309 g/mol. The van der Waals surface area contributed by atoms with Gasteiger partial charge in [0.15, 0.2) is 0 Å². The van der Waals surface area contributed by atoms with Crippen LogP contribution >= 0.6 is 27.3 Å². The van der Waals surface area contributed by atoms with Crippen LogP contribution in [0.2, 0.25) is 0 Å². The maximum atomic E-state index is 3.52. The van der Waals surface area contributed by atoms with Gasteiger partial charge in [0, 0.05) is 14.7 Å². The summed E-state index contributed by atoms with van der Waals surface area (Å²) in [5.41, 5.74) is 4.57. The SMILES string of the molecule is Brc1csc(-c2cccc3c2CCC3)c1.CC. The Morgan fingerprint density at radius 2 is 2.00 bits per heavy atom. The minimum absolute atomic E-state index is 1.19. The van der Waals surface area contributed by atoms with E-state index in [-0.39, 0.29) is 0 Å². The van der Waals surface area contributed by atoms with Crippen molar-refractivity contribution in [2.75, 3.05) is 0 Å². The molecule has 1 heterocycles. The predicted octanol–water partition coefficient (Wildman–Crippen LogP) is 5.69. The van der Waals surface area contributed by atoms with Gasteiger partial charge < -0.3 is 0 Å². The van der Waals surface area contributed by atoms with E-state index in [0.717, 1.165) is 0 Å². The molecule has 0 saturated heterocycles. The van der Waals surface area contributed by atoms with Crippen LogP contribution in [0, 0.1) is 0 Å². The molecule has 1 aliphatic carbocycles. The molecule has 1 aliphatic rings. The van der Waals surface area contributed by atoms with Gasteiger partial charge in [-0.05, 0) is 57.9 Å². The first-order valence-electron chi connectivity index (χ1n) is 6.20. The highest BCUT2D eigenvalue weighted by Gasteiger charge is 2.15. The molecule has 2 heteroatoms. The van der Waals surface area contributed by atoms with E-state index < -0.39 is 0 Å². The quantitative estimate of drug-likeness (QED) is 0.634. The largest absolute Gasteiger partial charge is 0.143 e. The molecule has 0 saturated carbocycles. The summed E-state index contributed by atoms with van der Waals surface area (Å²) in [7, 11) is 0. The highest BCUT2D eigenvalue weighted by molar-refractivity contribution is 9.10. The molecule has 0 aliphatic heterocycles. The van der Waals surface area contributed by atoms with E-state index in [1.165, 1.54) is 34.2 Å². The second-order valence-electron chi connectivity index (χ2n) is 3.93. The van der Waals surface area contributed by atoms with Gasteiger partial charge in [0.1, 0.15) is 0 Å². The van der Waals surface area contributed by atoms with Gasteiger partial charge in [0.25, 0.3) is 0 Å². The van der Waals surface area contributed by atoms with Crippen molar-refractivity contribution in [2.45, 2.75) is 33.1 Å². The molecule has 2 aromatic rings. The molecule has 0 unspecified atom stereocenters. The summed E-state index contributed by atoms with van der Waals surface area (Å²) >= 11 is 5.34. The lowest BCUT2D eigenvalue weighted by molar-refractivity contribution is 0.912. The lowest BCUT2D eigenvalue weighted by atomic mass is 10.0. The average Bonchev–Trinajstić information content (AvgIpc) is 2.99. The second-order valence-corrected chi connectivity index (χ2v) is 5.75. The number of hydrogen-bond acceptors (Lipinski definition) is 1. The van der Waals surface area contributed by atoms with Gasteiger partial charge in [-0.1, -0.05) is 32.0 Å². The van der Waals surface area contributed by atoms with E-state index >= 15 is 0 Å². The minimum atomic E-state index is 1.19. The summed E-state index contributed by atoms with van der Waals surface area (Å²) in [6, 6.07) is 8.93. The van der Waals surface area contributed by atoms with Crippen molar-refractivity contribution < 1.29 is 0 Å². The van der Waals surface area contributed by atoms with Gasteiger partial charge in [-0.2, -0.15) is 0 Å². The normalized spacial score (nSPS) is 12.9. The number of halogens is 1. The minimum Gasteiger partial charge on any atom is -0.143 e. The van der Waals surface area contributed by atoms with E-state index in [2.05, 4.69) is 45.6 Å². The number of thiophene rings is 1. The zero-order valence-electron chi connectivity index (χ0n) is 10.3. The summed E-state index contributed by atoms with van der Waals surface area (Å²) in [5.74, 6) is 0. The van der Waals surface area contributed by atoms with E-state index in [1.54, 1.807) is 11.1 Å². The van der Waals surface area contributed by atoms with Crippen LogP contribution in [-0.4, -0.2) is 0 Å². The summed E-state index contributed by atoms with van der Waals surface area (Å²) < 4.78 is 1.19. The van der Waals surface area contributed by atoms with Crippen molar-refractivity contribution in [3.05, 3.63) is 45.2 Å². The molecule has 17 heavy (non-hydrogen) atoms. The summed E-state index contributed by atoms with van der Waals surface area (Å²) in [6.45, 7) is 4.00. The Labute approximate surface area is 116 Å². The van der Waals surface area contributed by atoms with Crippen molar-refractivity contribution in [1.82, 2.24) is 0 Å². The predicted molar refractivity (Wildman–Crippen MR) is 80.8 cm³/mol. The summed E-state index contributed by atoms with van der Waals surface area (Å²) in [6.07, 6.45) is 3.83. The molecule has 0 atom stereocenters. The number of hydrogen-bond donors (Lipinski definition) is 0. The molecule has 90 valence electrons. The molecular weight excluding hydrogens is 292 g/mol. The van der Waals surface area contributed by atoms with Crippen LogP contribution in [0.4, 0.5) is 0 Å². The third-order valence-electron chi connectivity index (χ3n) is 2.98. The van der Waals surface area contributed by atoms with Crippen molar-refractivity contribution in [1.29, 1.82) is 0 Å². The molecule has 0 bridgehead atoms. The molecule has 1 aromatic heterocycles. The van der Waals surface area contributed by atoms with Crippen LogP contribution in [0.15, 0.2) is 34.1 Å². The van der Waals surface area contributed by atoms with Crippen LogP contribution < -0.4 is 0 Å². The molecule has 0 fully saturated rings. The number of aryl methyl sites for hydroxylation is 1. The van der Waals surface area contributed by atoms with E-state index in [4.69, 9.17) is 0 Å². The number of fused-ring (bicyclic) bond motifs is 1. The first-order valence-corrected chi connectivity index (χ1v) is 7.87. The number of rotatable bonds is 1. The summed E-state index contributed by atoms with van der Waals surface area (Å²) in [5, 5.41) is 2.16. The van der Waals surface area contributed by atoms with E-state index in [1.807, 2.05) is 25.2 Å². The molecule has 0 spiro atoms. The van der Waals surface area contributed by atoms with Gasteiger partial charge in [-0.15, -0.1) is 11.3 Å². The van der Waals surface area contributed by atoms with Crippen LogP contribution in [0.1, 0.15) is 31.4 Å². The van der Waals surface area contributed by atoms with Crippen LogP contribution in [0.25, 0.3) is 10.4 Å². The monoisotopic (exact) mass is 308 g/mol. The van der Waals surface area contributed by atoms with Gasteiger partial charge in [0.2, 0.25) is 0 Å². The maximum absolute atomic E-state index is 3.52. The van der Waals surface area contributed by atoms with Crippen molar-refractivity contribution in [3.63, 3.8) is 0 Å². The topological polar surface area (TPSA) is 0 Å². The zero-order valence-corrected chi connectivity index (χ0v) is 12.7. The molecule has 0 radical (unpaired) electrons. The number of benzene rings is 1. The van der Waals surface area contributed by atoms with Gasteiger partial charge >= 0.3 is 0 Å².